The van der Waals surface area contributed by atoms with Gasteiger partial charge in [0.05, 0.1) is 0 Å². The second kappa shape index (κ2) is 3.76. The van der Waals surface area contributed by atoms with Crippen LogP contribution in [0.4, 0.5) is 8.78 Å². The zero-order valence-electron chi connectivity index (χ0n) is 5.27. The standard InChI is InChI=1S/C6H8F2N2/c1-2-4(3-9)5(10)6(7)8/h2-3,6,10H,1,9H2/b4-3-,10-5?. The van der Waals surface area contributed by atoms with Crippen LogP contribution in [0.3, 0.4) is 0 Å². The van der Waals surface area contributed by atoms with Crippen molar-refractivity contribution in [2.24, 2.45) is 5.73 Å². The summed E-state index contributed by atoms with van der Waals surface area (Å²) in [6.45, 7) is 3.21. The Kier molecular flexibility index (Phi) is 3.32. The maximum absolute atomic E-state index is 11.7. The van der Waals surface area contributed by atoms with Gasteiger partial charge in [0.2, 0.25) is 0 Å². The Bertz CT molecular complexity index is 173. The molecule has 0 spiro atoms. The van der Waals surface area contributed by atoms with Gasteiger partial charge in [0.1, 0.15) is 5.71 Å². The Morgan fingerprint density at radius 1 is 1.60 bits per heavy atom. The first kappa shape index (κ1) is 8.81. The largest absolute Gasteiger partial charge is 0.404 e. The van der Waals surface area contributed by atoms with Gasteiger partial charge in [-0.05, 0) is 0 Å². The van der Waals surface area contributed by atoms with Gasteiger partial charge in [-0.3, -0.25) is 5.41 Å². The van der Waals surface area contributed by atoms with E-state index in [9.17, 15) is 8.78 Å². The van der Waals surface area contributed by atoms with Crippen molar-refractivity contribution in [2.75, 3.05) is 0 Å². The normalized spacial score (nSPS) is 11.7. The third-order valence-electron chi connectivity index (χ3n) is 0.929. The quantitative estimate of drug-likeness (QED) is 0.457. The highest BCUT2D eigenvalue weighted by atomic mass is 19.3. The van der Waals surface area contributed by atoms with Crippen LogP contribution in [0.15, 0.2) is 24.4 Å². The lowest BCUT2D eigenvalue weighted by molar-refractivity contribution is 0.225. The number of hydrogen-bond acceptors (Lipinski definition) is 2. The van der Waals surface area contributed by atoms with Crippen molar-refractivity contribution in [2.45, 2.75) is 6.43 Å². The second-order valence-electron chi connectivity index (χ2n) is 1.54. The molecular weight excluding hydrogens is 138 g/mol. The summed E-state index contributed by atoms with van der Waals surface area (Å²) >= 11 is 0. The highest BCUT2D eigenvalue weighted by Crippen LogP contribution is 2.04. The Morgan fingerprint density at radius 3 is 2.20 bits per heavy atom. The molecule has 0 aromatic heterocycles. The second-order valence-corrected chi connectivity index (χ2v) is 1.54. The first-order valence-corrected chi connectivity index (χ1v) is 2.54. The average Bonchev–Trinajstić information content (AvgIpc) is 1.90. The molecule has 0 radical (unpaired) electrons. The van der Waals surface area contributed by atoms with Crippen molar-refractivity contribution in [3.05, 3.63) is 24.4 Å². The van der Waals surface area contributed by atoms with E-state index in [2.05, 4.69) is 6.58 Å². The van der Waals surface area contributed by atoms with Gasteiger partial charge in [0, 0.05) is 11.8 Å². The van der Waals surface area contributed by atoms with E-state index in [-0.39, 0.29) is 5.57 Å². The smallest absolute Gasteiger partial charge is 0.280 e. The lowest BCUT2D eigenvalue weighted by Crippen LogP contribution is -2.11. The number of nitrogens with two attached hydrogens (primary N) is 1. The minimum atomic E-state index is -2.78. The molecule has 4 heteroatoms. The molecule has 3 N–H and O–H groups in total. The molecule has 0 atom stereocenters. The van der Waals surface area contributed by atoms with Gasteiger partial charge < -0.3 is 5.73 Å². The third kappa shape index (κ3) is 1.97. The lowest BCUT2D eigenvalue weighted by Gasteiger charge is -2.00. The van der Waals surface area contributed by atoms with Gasteiger partial charge >= 0.3 is 0 Å². The van der Waals surface area contributed by atoms with Gasteiger partial charge in [0.25, 0.3) is 6.43 Å². The Labute approximate surface area is 57.5 Å². The van der Waals surface area contributed by atoms with Gasteiger partial charge in [0.15, 0.2) is 0 Å². The fourth-order valence-electron chi connectivity index (χ4n) is 0.394. The number of hydrogen-bond donors (Lipinski definition) is 2. The molecule has 0 saturated carbocycles. The van der Waals surface area contributed by atoms with Crippen molar-refractivity contribution in [1.29, 1.82) is 5.41 Å². The molecule has 0 rings (SSSR count). The van der Waals surface area contributed by atoms with E-state index in [0.29, 0.717) is 0 Å². The summed E-state index contributed by atoms with van der Waals surface area (Å²) in [6, 6.07) is 0. The molecule has 0 saturated heterocycles. The van der Waals surface area contributed by atoms with Gasteiger partial charge in [-0.15, -0.1) is 0 Å². The minimum absolute atomic E-state index is 0.0324. The molecule has 10 heavy (non-hydrogen) atoms. The third-order valence-corrected chi connectivity index (χ3v) is 0.929. The molecule has 0 aliphatic rings. The maximum Gasteiger partial charge on any atom is 0.280 e. The van der Waals surface area contributed by atoms with Crippen LogP contribution in [-0.2, 0) is 0 Å². The Balaban J connectivity index is 4.32. The molecule has 0 amide bonds. The number of halogens is 2. The predicted molar refractivity (Wildman–Crippen MR) is 36.2 cm³/mol. The van der Waals surface area contributed by atoms with Crippen molar-refractivity contribution in [3.8, 4) is 0 Å². The monoisotopic (exact) mass is 146 g/mol. The van der Waals surface area contributed by atoms with Crippen LogP contribution < -0.4 is 5.73 Å². The Hall–Kier alpha value is -1.19. The number of allylic oxidation sites excluding steroid dienone is 2. The minimum Gasteiger partial charge on any atom is -0.404 e. The summed E-state index contributed by atoms with van der Waals surface area (Å²) in [5, 5.41) is 6.73. The molecule has 0 aromatic rings. The summed E-state index contributed by atoms with van der Waals surface area (Å²) in [7, 11) is 0. The fraction of sp³-hybridized carbons (Fsp3) is 0.167. The van der Waals surface area contributed by atoms with Gasteiger partial charge in [-0.1, -0.05) is 12.7 Å². The molecule has 0 unspecified atom stereocenters. The Morgan fingerprint density at radius 2 is 2.10 bits per heavy atom. The molecule has 0 fully saturated rings. The van der Waals surface area contributed by atoms with E-state index in [1.165, 1.54) is 0 Å². The van der Waals surface area contributed by atoms with E-state index in [1.54, 1.807) is 0 Å². The highest BCUT2D eigenvalue weighted by molar-refractivity contribution is 6.02. The predicted octanol–water partition coefficient (Wildman–Crippen LogP) is 1.30. The summed E-state index contributed by atoms with van der Waals surface area (Å²) in [5.41, 5.74) is 4.09. The van der Waals surface area contributed by atoms with Crippen LogP contribution in [-0.4, -0.2) is 12.1 Å². The van der Waals surface area contributed by atoms with Crippen molar-refractivity contribution in [1.82, 2.24) is 0 Å². The molecule has 0 aliphatic heterocycles. The summed E-state index contributed by atoms with van der Waals surface area (Å²) < 4.78 is 23.4. The van der Waals surface area contributed by atoms with Crippen LogP contribution in [0.1, 0.15) is 0 Å². The molecule has 0 heterocycles. The zero-order chi connectivity index (χ0) is 8.15. The summed E-state index contributed by atoms with van der Waals surface area (Å²) in [6.07, 6.45) is -0.733. The van der Waals surface area contributed by atoms with Crippen LogP contribution in [0.2, 0.25) is 0 Å². The first-order chi connectivity index (χ1) is 4.63. The number of nitrogens with one attached hydrogen (secondary N) is 1. The number of alkyl halides is 2. The van der Waals surface area contributed by atoms with Crippen LogP contribution >= 0.6 is 0 Å². The van der Waals surface area contributed by atoms with E-state index in [0.717, 1.165) is 12.3 Å². The van der Waals surface area contributed by atoms with E-state index in [4.69, 9.17) is 11.1 Å². The van der Waals surface area contributed by atoms with Crippen LogP contribution in [0, 0.1) is 5.41 Å². The zero-order valence-corrected chi connectivity index (χ0v) is 5.27. The van der Waals surface area contributed by atoms with Crippen molar-refractivity contribution < 1.29 is 8.78 Å². The van der Waals surface area contributed by atoms with Gasteiger partial charge in [-0.25, -0.2) is 8.78 Å². The van der Waals surface area contributed by atoms with Crippen LogP contribution in [0.5, 0.6) is 0 Å². The molecular formula is C6H8F2N2. The van der Waals surface area contributed by atoms with Gasteiger partial charge in [-0.2, -0.15) is 0 Å². The lowest BCUT2D eigenvalue weighted by atomic mass is 10.2. The highest BCUT2D eigenvalue weighted by Gasteiger charge is 2.12. The topological polar surface area (TPSA) is 49.9 Å². The SMILES string of the molecule is C=C/C(=C/N)C(=N)C(F)F. The van der Waals surface area contributed by atoms with Crippen molar-refractivity contribution >= 4 is 5.71 Å². The summed E-state index contributed by atoms with van der Waals surface area (Å²) in [4.78, 5) is 0. The molecule has 2 nitrogen and oxygen atoms in total. The molecule has 0 aliphatic carbocycles. The molecule has 56 valence electrons. The van der Waals surface area contributed by atoms with E-state index >= 15 is 0 Å². The maximum atomic E-state index is 11.7. The first-order valence-electron chi connectivity index (χ1n) is 2.54. The van der Waals surface area contributed by atoms with Crippen LogP contribution in [0.25, 0.3) is 0 Å². The number of rotatable bonds is 3. The van der Waals surface area contributed by atoms with E-state index < -0.39 is 12.1 Å². The summed E-state index contributed by atoms with van der Waals surface area (Å²) in [5.74, 6) is 0. The van der Waals surface area contributed by atoms with Crippen molar-refractivity contribution in [3.63, 3.8) is 0 Å². The fourth-order valence-corrected chi connectivity index (χ4v) is 0.394. The molecule has 0 bridgehead atoms. The average molecular weight is 146 g/mol. The van der Waals surface area contributed by atoms with E-state index in [1.807, 2.05) is 0 Å². The molecule has 0 aromatic carbocycles.